The van der Waals surface area contributed by atoms with E-state index in [0.29, 0.717) is 4.21 Å². The molecule has 1 N–H and O–H groups in total. The summed E-state index contributed by atoms with van der Waals surface area (Å²) in [4.78, 5) is 1.99. The summed E-state index contributed by atoms with van der Waals surface area (Å²) in [6.07, 6.45) is 0.818. The summed E-state index contributed by atoms with van der Waals surface area (Å²) in [5, 5.41) is 0.892. The number of hydrogen-bond acceptors (Lipinski definition) is 4. The molecule has 0 saturated heterocycles. The van der Waals surface area contributed by atoms with Gasteiger partial charge in [0.05, 0.1) is 5.00 Å². The van der Waals surface area contributed by atoms with E-state index in [2.05, 4.69) is 23.8 Å². The molecular formula is C21H22N2O2S2. The molecule has 0 aliphatic heterocycles. The van der Waals surface area contributed by atoms with Gasteiger partial charge in [0.25, 0.3) is 0 Å². The fourth-order valence-electron chi connectivity index (χ4n) is 3.33. The first-order valence-electron chi connectivity index (χ1n) is 8.87. The van der Waals surface area contributed by atoms with Crippen LogP contribution in [0.1, 0.15) is 18.9 Å². The Labute approximate surface area is 164 Å². The first-order chi connectivity index (χ1) is 12.9. The SMILES string of the molecule is CN(c1ccccc1)c1ccc(S(=O)(=O)N[C@H]2C[C@]2(C)c2ccccc2)s1. The molecule has 1 fully saturated rings. The first kappa shape index (κ1) is 18.2. The number of thiophene rings is 1. The van der Waals surface area contributed by atoms with Gasteiger partial charge in [-0.2, -0.15) is 0 Å². The van der Waals surface area contributed by atoms with Gasteiger partial charge in [0.1, 0.15) is 4.21 Å². The molecule has 3 aromatic rings. The zero-order valence-corrected chi connectivity index (χ0v) is 16.9. The van der Waals surface area contributed by atoms with Crippen LogP contribution in [-0.2, 0) is 15.4 Å². The second kappa shape index (κ2) is 6.78. The van der Waals surface area contributed by atoms with Crippen LogP contribution in [0.2, 0.25) is 0 Å². The minimum Gasteiger partial charge on any atom is -0.336 e. The summed E-state index contributed by atoms with van der Waals surface area (Å²) in [7, 11) is -1.59. The highest BCUT2D eigenvalue weighted by molar-refractivity contribution is 7.91. The van der Waals surface area contributed by atoms with Crippen LogP contribution in [0.15, 0.2) is 77.0 Å². The second-order valence-electron chi connectivity index (χ2n) is 7.15. The minimum atomic E-state index is -3.53. The number of anilines is 2. The maximum atomic E-state index is 12.9. The molecule has 0 radical (unpaired) electrons. The molecule has 0 bridgehead atoms. The van der Waals surface area contributed by atoms with Gasteiger partial charge in [-0.15, -0.1) is 11.3 Å². The van der Waals surface area contributed by atoms with Crippen LogP contribution in [0, 0.1) is 0 Å². The van der Waals surface area contributed by atoms with E-state index in [1.807, 2.05) is 66.5 Å². The third kappa shape index (κ3) is 3.52. The summed E-state index contributed by atoms with van der Waals surface area (Å²) in [6.45, 7) is 2.11. The zero-order chi connectivity index (χ0) is 19.1. The van der Waals surface area contributed by atoms with E-state index in [1.165, 1.54) is 16.9 Å². The van der Waals surface area contributed by atoms with E-state index in [9.17, 15) is 8.42 Å². The molecule has 0 amide bonds. The average molecular weight is 399 g/mol. The molecule has 0 unspecified atom stereocenters. The van der Waals surface area contributed by atoms with Crippen molar-refractivity contribution in [3.63, 3.8) is 0 Å². The van der Waals surface area contributed by atoms with Crippen molar-refractivity contribution in [1.82, 2.24) is 4.72 Å². The number of sulfonamides is 1. The number of nitrogens with zero attached hydrogens (tertiary/aromatic N) is 1. The van der Waals surface area contributed by atoms with E-state index in [-0.39, 0.29) is 11.5 Å². The standard InChI is InChI=1S/C21H22N2O2S2/c1-21(16-9-5-3-6-10-16)15-18(21)22-27(24,25)20-14-13-19(26-20)23(2)17-11-7-4-8-12-17/h3-14,18,22H,15H2,1-2H3/t18-,21+/m0/s1. The van der Waals surface area contributed by atoms with Gasteiger partial charge in [-0.3, -0.25) is 0 Å². The third-order valence-electron chi connectivity index (χ3n) is 5.27. The Hall–Kier alpha value is -2.15. The van der Waals surface area contributed by atoms with Crippen LogP contribution in [0.5, 0.6) is 0 Å². The van der Waals surface area contributed by atoms with Gasteiger partial charge in [-0.25, -0.2) is 13.1 Å². The van der Waals surface area contributed by atoms with Crippen LogP contribution in [0.25, 0.3) is 0 Å². The van der Waals surface area contributed by atoms with Gasteiger partial charge in [0, 0.05) is 24.2 Å². The Morgan fingerprint density at radius 1 is 1.00 bits per heavy atom. The smallest absolute Gasteiger partial charge is 0.250 e. The van der Waals surface area contributed by atoms with Gasteiger partial charge in [-0.1, -0.05) is 55.5 Å². The number of nitrogens with one attached hydrogen (secondary N) is 1. The van der Waals surface area contributed by atoms with Crippen molar-refractivity contribution in [2.24, 2.45) is 0 Å². The monoisotopic (exact) mass is 398 g/mol. The highest BCUT2D eigenvalue weighted by atomic mass is 32.2. The zero-order valence-electron chi connectivity index (χ0n) is 15.3. The van der Waals surface area contributed by atoms with E-state index in [0.717, 1.165) is 17.1 Å². The molecule has 2 atom stereocenters. The summed E-state index contributed by atoms with van der Waals surface area (Å²) in [6, 6.07) is 23.5. The Morgan fingerprint density at radius 3 is 2.30 bits per heavy atom. The molecule has 1 heterocycles. The normalized spacial score (nSPS) is 21.8. The van der Waals surface area contributed by atoms with E-state index in [1.54, 1.807) is 6.07 Å². The molecule has 1 aliphatic carbocycles. The molecule has 27 heavy (non-hydrogen) atoms. The number of hydrogen-bond donors (Lipinski definition) is 1. The third-order valence-corrected chi connectivity index (χ3v) is 8.40. The lowest BCUT2D eigenvalue weighted by Crippen LogP contribution is -2.29. The Morgan fingerprint density at radius 2 is 1.63 bits per heavy atom. The summed E-state index contributed by atoms with van der Waals surface area (Å²) in [5.41, 5.74) is 2.07. The average Bonchev–Trinajstić information content (AvgIpc) is 3.10. The van der Waals surface area contributed by atoms with Crippen LogP contribution in [0.4, 0.5) is 10.7 Å². The lowest BCUT2D eigenvalue weighted by Gasteiger charge is -2.16. The van der Waals surface area contributed by atoms with Crippen molar-refractivity contribution in [3.8, 4) is 0 Å². The summed E-state index contributed by atoms with van der Waals surface area (Å²) >= 11 is 1.28. The maximum absolute atomic E-state index is 12.9. The first-order valence-corrected chi connectivity index (χ1v) is 11.2. The van der Waals surface area contributed by atoms with Gasteiger partial charge >= 0.3 is 0 Å². The number of rotatable bonds is 6. The van der Waals surface area contributed by atoms with Crippen molar-refractivity contribution >= 4 is 32.0 Å². The van der Waals surface area contributed by atoms with Crippen LogP contribution < -0.4 is 9.62 Å². The topological polar surface area (TPSA) is 49.4 Å². The molecule has 4 nitrogen and oxygen atoms in total. The van der Waals surface area contributed by atoms with E-state index in [4.69, 9.17) is 0 Å². The fraction of sp³-hybridized carbons (Fsp3) is 0.238. The van der Waals surface area contributed by atoms with Gasteiger partial charge < -0.3 is 4.90 Å². The molecule has 1 aliphatic rings. The molecule has 140 valence electrons. The van der Waals surface area contributed by atoms with Crippen LogP contribution in [0.3, 0.4) is 0 Å². The van der Waals surface area contributed by atoms with Crippen LogP contribution in [-0.4, -0.2) is 21.5 Å². The minimum absolute atomic E-state index is 0.0673. The fourth-order valence-corrected chi connectivity index (χ4v) is 5.98. The highest BCUT2D eigenvalue weighted by Gasteiger charge is 2.53. The Bertz CT molecular complexity index is 1030. The largest absolute Gasteiger partial charge is 0.336 e. The quantitative estimate of drug-likeness (QED) is 0.664. The predicted molar refractivity (Wildman–Crippen MR) is 111 cm³/mol. The van der Waals surface area contributed by atoms with E-state index < -0.39 is 10.0 Å². The van der Waals surface area contributed by atoms with Gasteiger partial charge in [0.15, 0.2) is 0 Å². The molecule has 1 aromatic heterocycles. The molecule has 2 aromatic carbocycles. The van der Waals surface area contributed by atoms with Crippen molar-refractivity contribution in [2.45, 2.75) is 29.0 Å². The summed E-state index contributed by atoms with van der Waals surface area (Å²) in [5.74, 6) is 0. The summed E-state index contributed by atoms with van der Waals surface area (Å²) < 4.78 is 29.0. The number of benzene rings is 2. The van der Waals surface area contributed by atoms with Crippen LogP contribution >= 0.6 is 11.3 Å². The molecule has 0 spiro atoms. The van der Waals surface area contributed by atoms with Crippen molar-refractivity contribution in [1.29, 1.82) is 0 Å². The predicted octanol–water partition coefficient (Wildman–Crippen LogP) is 4.52. The molecule has 6 heteroatoms. The molecule has 1 saturated carbocycles. The Balaban J connectivity index is 1.50. The lowest BCUT2D eigenvalue weighted by molar-refractivity contribution is 0.576. The number of para-hydroxylation sites is 1. The maximum Gasteiger partial charge on any atom is 0.250 e. The second-order valence-corrected chi connectivity index (χ2v) is 10.2. The van der Waals surface area contributed by atoms with Gasteiger partial charge in [0.2, 0.25) is 10.0 Å². The molecule has 4 rings (SSSR count). The van der Waals surface area contributed by atoms with Gasteiger partial charge in [-0.05, 0) is 36.2 Å². The molecular weight excluding hydrogens is 376 g/mol. The lowest BCUT2D eigenvalue weighted by atomic mass is 9.98. The van der Waals surface area contributed by atoms with Crippen molar-refractivity contribution < 1.29 is 8.42 Å². The van der Waals surface area contributed by atoms with E-state index >= 15 is 0 Å². The Kier molecular flexibility index (Phi) is 4.58. The van der Waals surface area contributed by atoms with Crippen molar-refractivity contribution in [2.75, 3.05) is 11.9 Å². The van der Waals surface area contributed by atoms with Crippen molar-refractivity contribution in [3.05, 3.63) is 78.4 Å². The highest BCUT2D eigenvalue weighted by Crippen LogP contribution is 2.48.